The maximum Gasteiger partial charge on any atom is 0.168 e. The zero-order valence-electron chi connectivity index (χ0n) is 14.7. The Morgan fingerprint density at radius 1 is 1.04 bits per heavy atom. The predicted molar refractivity (Wildman–Crippen MR) is 101 cm³/mol. The molecule has 1 aliphatic heterocycles. The molecule has 8 nitrogen and oxygen atoms in total. The Morgan fingerprint density at radius 3 is 2.52 bits per heavy atom. The molecule has 3 aromatic rings. The molecular weight excluding hydrogens is 346 g/mol. The van der Waals surface area contributed by atoms with Gasteiger partial charge in [0.05, 0.1) is 31.3 Å². The van der Waals surface area contributed by atoms with Crippen molar-refractivity contribution in [2.24, 2.45) is 0 Å². The number of hydrogen-bond donors (Lipinski definition) is 3. The molecule has 1 aliphatic rings. The molecule has 1 aromatic heterocycles. The second-order valence-electron chi connectivity index (χ2n) is 6.30. The number of hydrogen-bond acceptors (Lipinski definition) is 7. The highest BCUT2D eigenvalue weighted by Crippen LogP contribution is 2.37. The summed E-state index contributed by atoms with van der Waals surface area (Å²) in [6.07, 6.45) is 3.04. The SMILES string of the molecule is Oc1ccc(NCc2ccc(N3CCOCC3)cc2)c(O)c1-n1ccnn1. The van der Waals surface area contributed by atoms with Crippen LogP contribution in [-0.2, 0) is 11.3 Å². The maximum atomic E-state index is 10.5. The molecule has 2 aromatic carbocycles. The number of ether oxygens (including phenoxy) is 1. The van der Waals surface area contributed by atoms with Gasteiger partial charge in [0.15, 0.2) is 11.4 Å². The van der Waals surface area contributed by atoms with Crippen molar-refractivity contribution in [3.05, 3.63) is 54.4 Å². The highest BCUT2D eigenvalue weighted by molar-refractivity contribution is 5.70. The summed E-state index contributed by atoms with van der Waals surface area (Å²) < 4.78 is 6.71. The predicted octanol–water partition coefficient (Wildman–Crippen LogP) is 2.13. The van der Waals surface area contributed by atoms with Crippen molar-refractivity contribution in [1.82, 2.24) is 15.0 Å². The molecule has 2 heterocycles. The summed E-state index contributed by atoms with van der Waals surface area (Å²) in [6, 6.07) is 11.5. The van der Waals surface area contributed by atoms with Crippen LogP contribution in [0.3, 0.4) is 0 Å². The first-order valence-electron chi connectivity index (χ1n) is 8.79. The lowest BCUT2D eigenvalue weighted by atomic mass is 10.1. The Kier molecular flexibility index (Phi) is 4.80. The number of nitrogens with zero attached hydrogens (tertiary/aromatic N) is 4. The summed E-state index contributed by atoms with van der Waals surface area (Å²) in [5, 5.41) is 31.3. The van der Waals surface area contributed by atoms with Crippen molar-refractivity contribution in [2.75, 3.05) is 36.5 Å². The number of morpholine rings is 1. The topological polar surface area (TPSA) is 95.7 Å². The summed E-state index contributed by atoms with van der Waals surface area (Å²) in [6.45, 7) is 3.88. The molecular formula is C19H21N5O3. The van der Waals surface area contributed by atoms with E-state index in [0.717, 1.165) is 31.9 Å². The van der Waals surface area contributed by atoms with E-state index in [1.165, 1.54) is 22.6 Å². The van der Waals surface area contributed by atoms with E-state index < -0.39 is 0 Å². The van der Waals surface area contributed by atoms with Gasteiger partial charge in [0, 0.05) is 25.3 Å². The van der Waals surface area contributed by atoms with Crippen molar-refractivity contribution in [3.63, 3.8) is 0 Å². The van der Waals surface area contributed by atoms with Crippen LogP contribution in [-0.4, -0.2) is 51.5 Å². The van der Waals surface area contributed by atoms with Crippen LogP contribution in [0.25, 0.3) is 5.69 Å². The van der Waals surface area contributed by atoms with Crippen LogP contribution in [0.2, 0.25) is 0 Å². The van der Waals surface area contributed by atoms with E-state index in [2.05, 4.69) is 44.8 Å². The van der Waals surface area contributed by atoms with Crippen LogP contribution in [0.1, 0.15) is 5.56 Å². The third-order valence-corrected chi connectivity index (χ3v) is 4.58. The van der Waals surface area contributed by atoms with Gasteiger partial charge in [-0.2, -0.15) is 0 Å². The van der Waals surface area contributed by atoms with Crippen LogP contribution in [0, 0.1) is 0 Å². The molecule has 0 aliphatic carbocycles. The number of aromatic hydroxyl groups is 2. The lowest BCUT2D eigenvalue weighted by Crippen LogP contribution is -2.36. The average molecular weight is 367 g/mol. The third kappa shape index (κ3) is 3.65. The average Bonchev–Trinajstić information content (AvgIpc) is 3.23. The Morgan fingerprint density at radius 2 is 1.81 bits per heavy atom. The molecule has 0 amide bonds. The Bertz CT molecular complexity index is 890. The lowest BCUT2D eigenvalue weighted by molar-refractivity contribution is 0.122. The van der Waals surface area contributed by atoms with Crippen LogP contribution in [0.15, 0.2) is 48.8 Å². The number of phenols is 2. The van der Waals surface area contributed by atoms with Gasteiger partial charge in [0.25, 0.3) is 0 Å². The molecule has 1 saturated heterocycles. The minimum atomic E-state index is -0.0783. The molecule has 0 atom stereocenters. The van der Waals surface area contributed by atoms with E-state index in [9.17, 15) is 10.2 Å². The van der Waals surface area contributed by atoms with Crippen molar-refractivity contribution in [2.45, 2.75) is 6.54 Å². The van der Waals surface area contributed by atoms with Gasteiger partial charge in [-0.1, -0.05) is 17.3 Å². The fourth-order valence-electron chi connectivity index (χ4n) is 3.11. The van der Waals surface area contributed by atoms with Gasteiger partial charge in [0.2, 0.25) is 0 Å². The molecule has 0 unspecified atom stereocenters. The number of aromatic nitrogens is 3. The minimum absolute atomic E-state index is 0.0709. The smallest absolute Gasteiger partial charge is 0.168 e. The number of nitrogens with one attached hydrogen (secondary N) is 1. The molecule has 0 spiro atoms. The zero-order valence-corrected chi connectivity index (χ0v) is 14.7. The highest BCUT2D eigenvalue weighted by atomic mass is 16.5. The van der Waals surface area contributed by atoms with Crippen molar-refractivity contribution >= 4 is 11.4 Å². The van der Waals surface area contributed by atoms with E-state index in [-0.39, 0.29) is 17.2 Å². The Hall–Kier alpha value is -3.26. The first-order valence-corrected chi connectivity index (χ1v) is 8.79. The van der Waals surface area contributed by atoms with Crippen LogP contribution in [0.5, 0.6) is 11.5 Å². The fourth-order valence-corrected chi connectivity index (χ4v) is 3.11. The van der Waals surface area contributed by atoms with Crippen molar-refractivity contribution < 1.29 is 14.9 Å². The molecule has 0 saturated carbocycles. The van der Waals surface area contributed by atoms with Crippen LogP contribution < -0.4 is 10.2 Å². The zero-order chi connectivity index (χ0) is 18.6. The van der Waals surface area contributed by atoms with Crippen LogP contribution in [0.4, 0.5) is 11.4 Å². The monoisotopic (exact) mass is 367 g/mol. The summed E-state index contributed by atoms with van der Waals surface area (Å²) >= 11 is 0. The van der Waals surface area contributed by atoms with E-state index in [0.29, 0.717) is 12.2 Å². The minimum Gasteiger partial charge on any atom is -0.506 e. The maximum absolute atomic E-state index is 10.5. The number of anilines is 2. The second-order valence-corrected chi connectivity index (χ2v) is 6.30. The fraction of sp³-hybridized carbons (Fsp3) is 0.263. The van der Waals surface area contributed by atoms with E-state index >= 15 is 0 Å². The summed E-state index contributed by atoms with van der Waals surface area (Å²) in [4.78, 5) is 2.30. The lowest BCUT2D eigenvalue weighted by Gasteiger charge is -2.28. The Labute approximate surface area is 156 Å². The number of rotatable bonds is 5. The quantitative estimate of drug-likeness (QED) is 0.470. The molecule has 4 rings (SSSR count). The van der Waals surface area contributed by atoms with Gasteiger partial charge in [-0.05, 0) is 29.8 Å². The third-order valence-electron chi connectivity index (χ3n) is 4.58. The summed E-state index contributed by atoms with van der Waals surface area (Å²) in [5.74, 6) is -0.149. The van der Waals surface area contributed by atoms with Crippen molar-refractivity contribution in [3.8, 4) is 17.2 Å². The van der Waals surface area contributed by atoms with E-state index in [4.69, 9.17) is 4.74 Å². The van der Waals surface area contributed by atoms with E-state index in [1.807, 2.05) is 0 Å². The standard InChI is InChI=1S/C19H21N5O3/c25-17-6-5-16(19(26)18(17)24-8-7-21-22-24)20-13-14-1-3-15(4-2-14)23-9-11-27-12-10-23/h1-8,20,25-26H,9-13H2. The first kappa shape index (κ1) is 17.2. The first-order chi connectivity index (χ1) is 13.2. The molecule has 0 radical (unpaired) electrons. The van der Waals surface area contributed by atoms with Gasteiger partial charge in [-0.3, -0.25) is 0 Å². The summed E-state index contributed by atoms with van der Waals surface area (Å²) in [7, 11) is 0. The van der Waals surface area contributed by atoms with Gasteiger partial charge in [0.1, 0.15) is 5.75 Å². The van der Waals surface area contributed by atoms with Gasteiger partial charge >= 0.3 is 0 Å². The van der Waals surface area contributed by atoms with Gasteiger partial charge in [-0.25, -0.2) is 4.68 Å². The highest BCUT2D eigenvalue weighted by Gasteiger charge is 2.15. The van der Waals surface area contributed by atoms with Crippen molar-refractivity contribution in [1.29, 1.82) is 0 Å². The van der Waals surface area contributed by atoms with Gasteiger partial charge in [-0.15, -0.1) is 5.10 Å². The second kappa shape index (κ2) is 7.55. The molecule has 27 heavy (non-hydrogen) atoms. The normalized spacial score (nSPS) is 14.3. The van der Waals surface area contributed by atoms with Crippen LogP contribution >= 0.6 is 0 Å². The number of benzene rings is 2. The van der Waals surface area contributed by atoms with Gasteiger partial charge < -0.3 is 25.2 Å². The molecule has 1 fully saturated rings. The molecule has 0 bridgehead atoms. The molecule has 140 valence electrons. The van der Waals surface area contributed by atoms with E-state index in [1.54, 1.807) is 12.3 Å². The molecule has 8 heteroatoms. The summed E-state index contributed by atoms with van der Waals surface area (Å²) in [5.41, 5.74) is 2.97. The Balaban J connectivity index is 1.46. The largest absolute Gasteiger partial charge is 0.506 e. The number of phenolic OH excluding ortho intramolecular Hbond substituents is 2. The molecule has 3 N–H and O–H groups in total.